The molecule has 0 fully saturated rings. The summed E-state index contributed by atoms with van der Waals surface area (Å²) in [7, 11) is -0.700. The largest absolute Gasteiger partial charge is 0.382 e. The molecule has 0 aliphatic carbocycles. The smallest absolute Gasteiger partial charge is 0.341 e. The van der Waals surface area contributed by atoms with Crippen LogP contribution in [0.25, 0.3) is 28.0 Å². The van der Waals surface area contributed by atoms with Crippen molar-refractivity contribution in [1.29, 1.82) is 0 Å². The van der Waals surface area contributed by atoms with Crippen LogP contribution in [-0.2, 0) is 21.1 Å². The first-order valence-corrected chi connectivity index (χ1v) is 14.0. The van der Waals surface area contributed by atoms with Crippen molar-refractivity contribution in [3.63, 3.8) is 0 Å². The predicted molar refractivity (Wildman–Crippen MR) is 145 cm³/mol. The van der Waals surface area contributed by atoms with Crippen LogP contribution < -0.4 is 11.2 Å². The monoisotopic (exact) mass is 537 g/mol. The lowest BCUT2D eigenvalue weighted by molar-refractivity contribution is 0.0826. The number of benzene rings is 1. The van der Waals surface area contributed by atoms with Crippen LogP contribution in [0.3, 0.4) is 0 Å². The van der Waals surface area contributed by atoms with Crippen molar-refractivity contribution in [2.45, 2.75) is 37.1 Å². The Morgan fingerprint density at radius 3 is 2.50 bits per heavy atom. The molecule has 1 atom stereocenters. The van der Waals surface area contributed by atoms with Gasteiger partial charge in [-0.1, -0.05) is 43.3 Å². The number of urea groups is 1. The van der Waals surface area contributed by atoms with E-state index in [1.54, 1.807) is 19.4 Å². The molecule has 0 radical (unpaired) electrons. The van der Waals surface area contributed by atoms with Crippen LogP contribution in [0.1, 0.15) is 25.5 Å². The molecular weight excluding hydrogens is 506 g/mol. The molecule has 0 saturated heterocycles. The zero-order chi connectivity index (χ0) is 27.4. The molecule has 0 aliphatic rings. The summed E-state index contributed by atoms with van der Waals surface area (Å²) in [6.45, 7) is 1.95. The third kappa shape index (κ3) is 5.46. The van der Waals surface area contributed by atoms with Crippen molar-refractivity contribution in [2.75, 3.05) is 26.1 Å². The molecule has 3 heterocycles. The number of nitrogen functional groups attached to an aromatic ring is 1. The lowest BCUT2D eigenvalue weighted by Gasteiger charge is -2.27. The molecule has 200 valence electrons. The number of nitrogens with zero attached hydrogens (tertiary/aromatic N) is 5. The van der Waals surface area contributed by atoms with E-state index >= 15 is 0 Å². The number of nitrogens with one attached hydrogen (secondary N) is 1. The number of hydrogen-bond acceptors (Lipinski definition) is 8. The number of hydroxylamine groups is 1. The highest BCUT2D eigenvalue weighted by Gasteiger charge is 2.26. The third-order valence-corrected chi connectivity index (χ3v) is 7.65. The molecule has 12 heteroatoms. The highest BCUT2D eigenvalue weighted by molar-refractivity contribution is 7.91. The van der Waals surface area contributed by atoms with Crippen LogP contribution in [0.5, 0.6) is 0 Å². The van der Waals surface area contributed by atoms with Crippen LogP contribution >= 0.6 is 0 Å². The molecule has 38 heavy (non-hydrogen) atoms. The van der Waals surface area contributed by atoms with Crippen molar-refractivity contribution in [3.8, 4) is 22.4 Å². The fraction of sp³-hybridized carbons (Fsp3) is 0.308. The Labute approximate surface area is 221 Å². The van der Waals surface area contributed by atoms with Gasteiger partial charge in [-0.15, -0.1) is 0 Å². The van der Waals surface area contributed by atoms with Gasteiger partial charge in [-0.05, 0) is 25.3 Å². The lowest BCUT2D eigenvalue weighted by Crippen LogP contribution is -2.43. The first kappa shape index (κ1) is 27.0. The molecule has 3 N–H and O–H groups in total. The van der Waals surface area contributed by atoms with Crippen molar-refractivity contribution in [3.05, 3.63) is 60.6 Å². The quantitative estimate of drug-likeness (QED) is 0.309. The van der Waals surface area contributed by atoms with Gasteiger partial charge in [-0.25, -0.2) is 23.7 Å². The fourth-order valence-corrected chi connectivity index (χ4v) is 5.50. The first-order valence-electron chi connectivity index (χ1n) is 12.1. The number of carbonyl (C=O) groups is 1. The Bertz CT molecular complexity index is 1540. The Morgan fingerprint density at radius 2 is 1.89 bits per heavy atom. The van der Waals surface area contributed by atoms with E-state index in [9.17, 15) is 13.2 Å². The van der Waals surface area contributed by atoms with Crippen LogP contribution in [0.2, 0.25) is 0 Å². The summed E-state index contributed by atoms with van der Waals surface area (Å²) in [4.78, 5) is 27.7. The van der Waals surface area contributed by atoms with E-state index in [2.05, 4.69) is 15.6 Å². The molecule has 0 spiro atoms. The van der Waals surface area contributed by atoms with Gasteiger partial charge < -0.3 is 10.6 Å². The number of nitrogens with two attached hydrogens (primary N) is 1. The van der Waals surface area contributed by atoms with Crippen molar-refractivity contribution >= 4 is 27.3 Å². The summed E-state index contributed by atoms with van der Waals surface area (Å²) in [6, 6.07) is 13.1. The number of carbonyl (C=O) groups excluding carboxylic acids is 1. The zero-order valence-corrected chi connectivity index (χ0v) is 22.6. The first-order chi connectivity index (χ1) is 18.2. The van der Waals surface area contributed by atoms with E-state index in [1.807, 2.05) is 49.4 Å². The number of pyridine rings is 1. The minimum atomic E-state index is -3.72. The third-order valence-electron chi connectivity index (χ3n) is 6.47. The normalized spacial score (nSPS) is 12.4. The maximum atomic E-state index is 12.7. The Balaban J connectivity index is 1.73. The van der Waals surface area contributed by atoms with Gasteiger partial charge in [0.05, 0.1) is 24.7 Å². The van der Waals surface area contributed by atoms with Crippen LogP contribution in [0.4, 0.5) is 10.6 Å². The van der Waals surface area contributed by atoms with E-state index in [1.165, 1.54) is 16.5 Å². The van der Waals surface area contributed by atoms with Crippen LogP contribution in [-0.4, -0.2) is 65.4 Å². The van der Waals surface area contributed by atoms with E-state index in [4.69, 9.17) is 15.6 Å². The number of fused-ring (bicyclic) bond motifs is 1. The molecular formula is C26H31N7O4S. The van der Waals surface area contributed by atoms with Gasteiger partial charge in [0.2, 0.25) is 0 Å². The fourth-order valence-electron chi connectivity index (χ4n) is 4.46. The number of rotatable bonds is 9. The van der Waals surface area contributed by atoms with Crippen molar-refractivity contribution < 1.29 is 18.0 Å². The topological polar surface area (TPSA) is 145 Å². The van der Waals surface area contributed by atoms with Crippen molar-refractivity contribution in [1.82, 2.24) is 30.0 Å². The molecule has 0 bridgehead atoms. The second-order valence-electron chi connectivity index (χ2n) is 8.96. The number of aryl methyl sites for hydroxylation is 1. The number of hydrogen-bond donors (Lipinski definition) is 2. The maximum Gasteiger partial charge on any atom is 0.341 e. The molecule has 4 aromatic rings. The second kappa shape index (κ2) is 11.2. The van der Waals surface area contributed by atoms with E-state index in [-0.39, 0.29) is 23.2 Å². The van der Waals surface area contributed by atoms with Gasteiger partial charge in [0.1, 0.15) is 10.7 Å². The molecule has 11 nitrogen and oxygen atoms in total. The highest BCUT2D eigenvalue weighted by atomic mass is 32.2. The van der Waals surface area contributed by atoms with Gasteiger partial charge in [0, 0.05) is 42.2 Å². The number of amides is 2. The van der Waals surface area contributed by atoms with E-state index in [0.29, 0.717) is 29.7 Å². The minimum Gasteiger partial charge on any atom is -0.382 e. The Morgan fingerprint density at radius 1 is 1.16 bits per heavy atom. The molecule has 3 aromatic heterocycles. The summed E-state index contributed by atoms with van der Waals surface area (Å²) in [5, 5.41) is 4.34. The minimum absolute atomic E-state index is 0.00820. The average Bonchev–Trinajstić information content (AvgIpc) is 3.33. The average molecular weight is 538 g/mol. The van der Waals surface area contributed by atoms with Gasteiger partial charge in [0.25, 0.3) is 0 Å². The second-order valence-corrected chi connectivity index (χ2v) is 10.9. The van der Waals surface area contributed by atoms with Gasteiger partial charge >= 0.3 is 6.03 Å². The number of sulfone groups is 1. The summed E-state index contributed by atoms with van der Waals surface area (Å²) < 4.78 is 26.8. The van der Waals surface area contributed by atoms with E-state index in [0.717, 1.165) is 23.1 Å². The predicted octanol–water partition coefficient (Wildman–Crippen LogP) is 3.36. The molecule has 4 rings (SSSR count). The number of anilines is 1. The highest BCUT2D eigenvalue weighted by Crippen LogP contribution is 2.31. The van der Waals surface area contributed by atoms with E-state index < -0.39 is 15.9 Å². The summed E-state index contributed by atoms with van der Waals surface area (Å²) in [6.07, 6.45) is 5.83. The standard InChI is InChI=1S/C26H31N7O4S/c1-5-19(32(2)26(34)31-37-3)12-14-22-23(38(4,35)36)24(27)33-25(30-22)20(16-29-33)18-11-13-21(28-15-18)17-9-7-6-8-10-17/h6-11,13,15-16,19H,5,12,14,27H2,1-4H3,(H,31,34). The summed E-state index contributed by atoms with van der Waals surface area (Å²) in [5.74, 6) is -0.00820. The Hall–Kier alpha value is -4.03. The van der Waals surface area contributed by atoms with Crippen molar-refractivity contribution in [2.24, 2.45) is 0 Å². The molecule has 1 aromatic carbocycles. The molecule has 0 saturated carbocycles. The van der Waals surface area contributed by atoms with Gasteiger partial charge in [-0.2, -0.15) is 9.61 Å². The molecule has 2 amide bonds. The SMILES string of the molecule is CCC(CCc1nc2c(-c3ccc(-c4ccccc4)nc3)cnn2c(N)c1S(C)(=O)=O)N(C)C(=O)NOC. The van der Waals surface area contributed by atoms with Gasteiger partial charge in [0.15, 0.2) is 15.5 Å². The summed E-state index contributed by atoms with van der Waals surface area (Å²) in [5.41, 5.74) is 12.7. The van der Waals surface area contributed by atoms with Crippen LogP contribution in [0.15, 0.2) is 59.8 Å². The maximum absolute atomic E-state index is 12.7. The zero-order valence-electron chi connectivity index (χ0n) is 21.7. The summed E-state index contributed by atoms with van der Waals surface area (Å²) >= 11 is 0. The number of aromatic nitrogens is 4. The van der Waals surface area contributed by atoms with Gasteiger partial charge in [-0.3, -0.25) is 9.82 Å². The lowest BCUT2D eigenvalue weighted by atomic mass is 10.1. The molecule has 0 aliphatic heterocycles. The van der Waals surface area contributed by atoms with Crippen LogP contribution in [0, 0.1) is 0 Å². The molecule has 1 unspecified atom stereocenters. The Kier molecular flexibility index (Phi) is 7.93.